The first-order valence-corrected chi connectivity index (χ1v) is 8.17. The van der Waals surface area contributed by atoms with Crippen molar-refractivity contribution in [1.82, 2.24) is 9.97 Å². The third-order valence-corrected chi connectivity index (χ3v) is 3.99. The number of halogens is 1. The second kappa shape index (κ2) is 7.55. The molecule has 0 unspecified atom stereocenters. The summed E-state index contributed by atoms with van der Waals surface area (Å²) in [5, 5.41) is 4.55. The largest absolute Gasteiger partial charge is 0.490 e. The molecule has 1 heterocycles. The topological polar surface area (TPSA) is 82.3 Å². The Bertz CT molecular complexity index is 902. The molecule has 25 heavy (non-hydrogen) atoms. The van der Waals surface area contributed by atoms with Crippen LogP contribution in [-0.4, -0.2) is 37.3 Å². The highest BCUT2D eigenvalue weighted by Crippen LogP contribution is 2.35. The van der Waals surface area contributed by atoms with Crippen molar-refractivity contribution in [3.8, 4) is 16.9 Å². The van der Waals surface area contributed by atoms with Crippen LogP contribution < -0.4 is 15.8 Å². The normalized spacial score (nSPS) is 10.8. The summed E-state index contributed by atoms with van der Waals surface area (Å²) in [6, 6.07) is 11.5. The maximum Gasteiger partial charge on any atom is 0.222 e. The fraction of sp³-hybridized carbons (Fsp3) is 0.222. The van der Waals surface area contributed by atoms with Crippen LogP contribution in [0.3, 0.4) is 0 Å². The van der Waals surface area contributed by atoms with Gasteiger partial charge < -0.3 is 20.5 Å². The first-order chi connectivity index (χ1) is 12.1. The lowest BCUT2D eigenvalue weighted by Gasteiger charge is -2.13. The zero-order chi connectivity index (χ0) is 17.8. The highest BCUT2D eigenvalue weighted by Gasteiger charge is 2.11. The lowest BCUT2D eigenvalue weighted by molar-refractivity contribution is 0.146. The number of hydrogen-bond donors (Lipinski definition) is 2. The van der Waals surface area contributed by atoms with Crippen LogP contribution in [-0.2, 0) is 4.74 Å². The van der Waals surface area contributed by atoms with Gasteiger partial charge in [0, 0.05) is 30.1 Å². The molecule has 0 saturated heterocycles. The molecular formula is C18H19ClN4O2. The summed E-state index contributed by atoms with van der Waals surface area (Å²) in [7, 11) is 3.44. The molecule has 6 nitrogen and oxygen atoms in total. The molecule has 3 aromatic rings. The molecule has 1 aromatic heterocycles. The molecule has 0 saturated carbocycles. The minimum absolute atomic E-state index is 0.224. The van der Waals surface area contributed by atoms with E-state index in [-0.39, 0.29) is 5.95 Å². The minimum atomic E-state index is 0.224. The summed E-state index contributed by atoms with van der Waals surface area (Å²) in [5.41, 5.74) is 8.44. The Morgan fingerprint density at radius 2 is 1.96 bits per heavy atom. The highest BCUT2D eigenvalue weighted by atomic mass is 35.5. The van der Waals surface area contributed by atoms with Crippen molar-refractivity contribution in [2.45, 2.75) is 0 Å². The number of nitrogens with one attached hydrogen (secondary N) is 1. The Morgan fingerprint density at radius 3 is 2.72 bits per heavy atom. The van der Waals surface area contributed by atoms with Crippen LogP contribution in [0.5, 0.6) is 5.75 Å². The van der Waals surface area contributed by atoms with E-state index in [0.717, 1.165) is 22.0 Å². The molecule has 0 amide bonds. The van der Waals surface area contributed by atoms with Crippen LogP contribution in [0.2, 0.25) is 5.02 Å². The zero-order valence-electron chi connectivity index (χ0n) is 14.0. The number of benzene rings is 2. The summed E-state index contributed by atoms with van der Waals surface area (Å²) in [4.78, 5) is 8.53. The number of fused-ring (bicyclic) bond motifs is 1. The van der Waals surface area contributed by atoms with E-state index in [4.69, 9.17) is 26.8 Å². The summed E-state index contributed by atoms with van der Waals surface area (Å²) >= 11 is 6.12. The number of methoxy groups -OCH3 is 1. The average Bonchev–Trinajstić information content (AvgIpc) is 2.60. The summed E-state index contributed by atoms with van der Waals surface area (Å²) < 4.78 is 10.9. The lowest BCUT2D eigenvalue weighted by Crippen LogP contribution is -2.05. The second-order valence-electron chi connectivity index (χ2n) is 5.39. The molecule has 0 fully saturated rings. The van der Waals surface area contributed by atoms with Crippen molar-refractivity contribution in [1.29, 1.82) is 0 Å². The molecule has 3 rings (SSSR count). The lowest BCUT2D eigenvalue weighted by atomic mass is 10.0. The van der Waals surface area contributed by atoms with E-state index >= 15 is 0 Å². The SMILES string of the molecule is CNc1nc(N)nc2cc(-c3ccc(Cl)cc3OCCOC)ccc12. The summed E-state index contributed by atoms with van der Waals surface area (Å²) in [6.45, 7) is 0.940. The van der Waals surface area contributed by atoms with Gasteiger partial charge in [-0.1, -0.05) is 17.7 Å². The van der Waals surface area contributed by atoms with Crippen molar-refractivity contribution in [2.24, 2.45) is 0 Å². The van der Waals surface area contributed by atoms with Crippen molar-refractivity contribution >= 4 is 34.3 Å². The number of nitrogen functional groups attached to an aromatic ring is 1. The van der Waals surface area contributed by atoms with E-state index in [1.165, 1.54) is 0 Å². The molecule has 3 N–H and O–H groups in total. The van der Waals surface area contributed by atoms with E-state index in [2.05, 4.69) is 15.3 Å². The van der Waals surface area contributed by atoms with Gasteiger partial charge in [-0.25, -0.2) is 4.98 Å². The van der Waals surface area contributed by atoms with Gasteiger partial charge in [0.2, 0.25) is 5.95 Å². The van der Waals surface area contributed by atoms with Crippen LogP contribution in [0.1, 0.15) is 0 Å². The van der Waals surface area contributed by atoms with Gasteiger partial charge in [0.05, 0.1) is 12.1 Å². The molecule has 0 aliphatic heterocycles. The number of anilines is 2. The van der Waals surface area contributed by atoms with Gasteiger partial charge in [0.1, 0.15) is 18.2 Å². The fourth-order valence-corrected chi connectivity index (χ4v) is 2.76. The van der Waals surface area contributed by atoms with Gasteiger partial charge in [-0.05, 0) is 35.9 Å². The number of hydrogen-bond acceptors (Lipinski definition) is 6. The highest BCUT2D eigenvalue weighted by molar-refractivity contribution is 6.30. The first-order valence-electron chi connectivity index (χ1n) is 7.79. The molecule has 0 radical (unpaired) electrons. The van der Waals surface area contributed by atoms with Crippen molar-refractivity contribution < 1.29 is 9.47 Å². The predicted octanol–water partition coefficient (Wildman–Crippen LogP) is 3.60. The van der Waals surface area contributed by atoms with Crippen LogP contribution in [0, 0.1) is 0 Å². The first kappa shape index (κ1) is 17.3. The number of ether oxygens (including phenoxy) is 2. The Hall–Kier alpha value is -2.57. The van der Waals surface area contributed by atoms with E-state index in [9.17, 15) is 0 Å². The minimum Gasteiger partial charge on any atom is -0.490 e. The molecule has 7 heteroatoms. The Kier molecular flexibility index (Phi) is 5.21. The quantitative estimate of drug-likeness (QED) is 0.655. The molecule has 0 aliphatic rings. The van der Waals surface area contributed by atoms with E-state index in [0.29, 0.717) is 29.8 Å². The average molecular weight is 359 g/mol. The van der Waals surface area contributed by atoms with Crippen molar-refractivity contribution in [3.05, 3.63) is 41.4 Å². The second-order valence-corrected chi connectivity index (χ2v) is 5.83. The Labute approximate surface area is 150 Å². The number of aromatic nitrogens is 2. The monoisotopic (exact) mass is 358 g/mol. The van der Waals surface area contributed by atoms with Gasteiger partial charge in [-0.2, -0.15) is 4.98 Å². The predicted molar refractivity (Wildman–Crippen MR) is 101 cm³/mol. The Balaban J connectivity index is 2.07. The fourth-order valence-electron chi connectivity index (χ4n) is 2.59. The van der Waals surface area contributed by atoms with Crippen LogP contribution in [0.4, 0.5) is 11.8 Å². The molecule has 0 aliphatic carbocycles. The maximum atomic E-state index is 6.12. The van der Waals surface area contributed by atoms with Crippen LogP contribution >= 0.6 is 11.6 Å². The molecular weight excluding hydrogens is 340 g/mol. The van der Waals surface area contributed by atoms with Gasteiger partial charge in [-0.15, -0.1) is 0 Å². The molecule has 130 valence electrons. The molecule has 2 aromatic carbocycles. The van der Waals surface area contributed by atoms with Gasteiger partial charge in [0.15, 0.2) is 0 Å². The standard InChI is InChI=1S/C18H19ClN4O2/c1-21-17-14-5-3-11(9-15(14)22-18(20)23-17)13-6-4-12(19)10-16(13)25-8-7-24-2/h3-6,9-10H,7-8H2,1-2H3,(H3,20,21,22,23). The van der Waals surface area contributed by atoms with Gasteiger partial charge >= 0.3 is 0 Å². The van der Waals surface area contributed by atoms with E-state index in [1.54, 1.807) is 20.2 Å². The van der Waals surface area contributed by atoms with Crippen molar-refractivity contribution in [2.75, 3.05) is 38.4 Å². The third kappa shape index (κ3) is 3.75. The van der Waals surface area contributed by atoms with Gasteiger partial charge in [0.25, 0.3) is 0 Å². The third-order valence-electron chi connectivity index (χ3n) is 3.75. The van der Waals surface area contributed by atoms with E-state index in [1.807, 2.05) is 30.3 Å². The van der Waals surface area contributed by atoms with Gasteiger partial charge in [-0.3, -0.25) is 0 Å². The van der Waals surface area contributed by atoms with E-state index < -0.39 is 0 Å². The number of nitrogens with two attached hydrogens (primary N) is 1. The van der Waals surface area contributed by atoms with Crippen molar-refractivity contribution in [3.63, 3.8) is 0 Å². The summed E-state index contributed by atoms with van der Waals surface area (Å²) in [6.07, 6.45) is 0. The van der Waals surface area contributed by atoms with Crippen LogP contribution in [0.25, 0.3) is 22.0 Å². The molecule has 0 spiro atoms. The maximum absolute atomic E-state index is 6.12. The molecule has 0 bridgehead atoms. The molecule has 0 atom stereocenters. The zero-order valence-corrected chi connectivity index (χ0v) is 14.8. The smallest absolute Gasteiger partial charge is 0.222 e. The summed E-state index contributed by atoms with van der Waals surface area (Å²) in [5.74, 6) is 1.61. The number of nitrogens with zero attached hydrogens (tertiary/aromatic N) is 2. The van der Waals surface area contributed by atoms with Crippen LogP contribution in [0.15, 0.2) is 36.4 Å². The Morgan fingerprint density at radius 1 is 1.12 bits per heavy atom. The number of rotatable bonds is 6.